The van der Waals surface area contributed by atoms with Crippen LogP contribution in [0.2, 0.25) is 0 Å². The number of hydrogen-bond donors (Lipinski definition) is 1. The first-order chi connectivity index (χ1) is 8.59. The molecule has 0 fully saturated rings. The van der Waals surface area contributed by atoms with Crippen LogP contribution in [0.1, 0.15) is 0 Å². The van der Waals surface area contributed by atoms with E-state index in [1.54, 1.807) is 18.2 Å². The van der Waals surface area contributed by atoms with Crippen LogP contribution in [0, 0.1) is 0 Å². The Bertz CT molecular complexity index is 645. The minimum absolute atomic E-state index is 0.136. The van der Waals surface area contributed by atoms with Gasteiger partial charge in [-0.25, -0.2) is 22.6 Å². The van der Waals surface area contributed by atoms with Gasteiger partial charge in [-0.2, -0.15) is 0 Å². The van der Waals surface area contributed by atoms with Crippen LogP contribution in [0.15, 0.2) is 58.8 Å². The van der Waals surface area contributed by atoms with Gasteiger partial charge in [0.05, 0.1) is 0 Å². The maximum absolute atomic E-state index is 11.8. The van der Waals surface area contributed by atoms with Crippen molar-refractivity contribution in [3.8, 4) is 0 Å². The van der Waals surface area contributed by atoms with Crippen LogP contribution in [0.5, 0.6) is 0 Å². The predicted octanol–water partition coefficient (Wildman–Crippen LogP) is 0.478. The molecule has 18 heavy (non-hydrogen) atoms. The van der Waals surface area contributed by atoms with Gasteiger partial charge in [0.15, 0.2) is 16.0 Å². The monoisotopic (exact) mass is 283 g/mol. The van der Waals surface area contributed by atoms with Crippen LogP contribution in [0.4, 0.5) is 0 Å². The van der Waals surface area contributed by atoms with Gasteiger partial charge < -0.3 is 0 Å². The summed E-state index contributed by atoms with van der Waals surface area (Å²) >= 11 is 0. The summed E-state index contributed by atoms with van der Waals surface area (Å²) in [5.74, 6) is 0. The summed E-state index contributed by atoms with van der Waals surface area (Å²) in [4.78, 5) is 7.50. The molecule has 0 saturated carbocycles. The highest BCUT2D eigenvalue weighted by atomic mass is 32.3. The van der Waals surface area contributed by atoms with Crippen LogP contribution in [-0.2, 0) is 21.0 Å². The highest BCUT2D eigenvalue weighted by Gasteiger charge is 2.19. The fourth-order valence-corrected chi connectivity index (χ4v) is 3.44. The van der Waals surface area contributed by atoms with E-state index in [1.807, 2.05) is 4.13 Å². The Morgan fingerprint density at radius 1 is 1.00 bits per heavy atom. The summed E-state index contributed by atoms with van der Waals surface area (Å²) in [5.41, 5.74) is 0. The van der Waals surface area contributed by atoms with Crippen molar-refractivity contribution in [2.75, 3.05) is 0 Å². The molecule has 0 amide bonds. The van der Waals surface area contributed by atoms with E-state index in [2.05, 4.69) is 9.97 Å². The number of nitrogens with zero attached hydrogens (tertiary/aromatic N) is 2. The van der Waals surface area contributed by atoms with Crippen LogP contribution >= 0.6 is 0 Å². The second-order valence-corrected chi connectivity index (χ2v) is 6.24. The van der Waals surface area contributed by atoms with Gasteiger partial charge in [-0.3, -0.25) is 0 Å². The Kier molecular flexibility index (Phi) is 3.80. The van der Waals surface area contributed by atoms with Gasteiger partial charge in [-0.05, 0) is 24.3 Å². The van der Waals surface area contributed by atoms with Crippen molar-refractivity contribution in [3.63, 3.8) is 0 Å². The number of nitrogens with one attached hydrogen (secondary N) is 1. The summed E-state index contributed by atoms with van der Waals surface area (Å²) in [6.45, 7) is 0. The third-order valence-electron chi connectivity index (χ3n) is 1.93. The van der Waals surface area contributed by atoms with Crippen molar-refractivity contribution in [2.45, 2.75) is 10.1 Å². The molecule has 8 heteroatoms. The van der Waals surface area contributed by atoms with Crippen molar-refractivity contribution >= 4 is 21.0 Å². The van der Waals surface area contributed by atoms with E-state index in [4.69, 9.17) is 0 Å². The molecule has 0 spiro atoms. The Morgan fingerprint density at radius 3 is 2.22 bits per heavy atom. The molecule has 0 bridgehead atoms. The van der Waals surface area contributed by atoms with E-state index in [-0.39, 0.29) is 10.1 Å². The maximum Gasteiger partial charge on any atom is 0.269 e. The number of rotatable bonds is 4. The molecule has 0 aliphatic carbocycles. The number of pyridine rings is 2. The lowest BCUT2D eigenvalue weighted by Crippen LogP contribution is -2.27. The molecule has 2 aromatic heterocycles. The lowest BCUT2D eigenvalue weighted by Gasteiger charge is -2.04. The zero-order valence-corrected chi connectivity index (χ0v) is 10.7. The fraction of sp³-hybridized carbons (Fsp3) is 0. The second kappa shape index (κ2) is 5.34. The molecule has 0 aliphatic heterocycles. The quantitative estimate of drug-likeness (QED) is 0.881. The molecule has 0 radical (unpaired) electrons. The first-order valence-electron chi connectivity index (χ1n) is 4.86. The van der Waals surface area contributed by atoms with E-state index in [9.17, 15) is 12.6 Å². The normalized spacial score (nSPS) is 13.1. The van der Waals surface area contributed by atoms with Gasteiger partial charge in [0.2, 0.25) is 0 Å². The van der Waals surface area contributed by atoms with Crippen LogP contribution in [0.25, 0.3) is 0 Å². The van der Waals surface area contributed by atoms with Gasteiger partial charge in [-0.15, -0.1) is 4.13 Å². The molecular weight excluding hydrogens is 274 g/mol. The first kappa shape index (κ1) is 12.8. The van der Waals surface area contributed by atoms with Crippen molar-refractivity contribution in [1.29, 1.82) is 0 Å². The summed E-state index contributed by atoms with van der Waals surface area (Å²) < 4.78 is 37.4. The highest BCUT2D eigenvalue weighted by Crippen LogP contribution is 2.06. The van der Waals surface area contributed by atoms with Gasteiger partial charge in [0.1, 0.15) is 5.03 Å². The SMILES string of the molecule is O=S(NS(=O)(=O)c1ccccn1)c1ccccn1. The predicted molar refractivity (Wildman–Crippen MR) is 65.2 cm³/mol. The molecule has 2 rings (SSSR count). The van der Waals surface area contributed by atoms with Crippen LogP contribution in [0.3, 0.4) is 0 Å². The second-order valence-electron chi connectivity index (χ2n) is 3.19. The smallest absolute Gasteiger partial charge is 0.246 e. The average molecular weight is 283 g/mol. The Hall–Kier alpha value is -1.64. The number of hydrogen-bond acceptors (Lipinski definition) is 5. The van der Waals surface area contributed by atoms with Crippen molar-refractivity contribution in [2.24, 2.45) is 0 Å². The van der Waals surface area contributed by atoms with Gasteiger partial charge >= 0.3 is 0 Å². The molecule has 1 atom stereocenters. The molecular formula is C10H9N3O3S2. The van der Waals surface area contributed by atoms with Gasteiger partial charge in [0, 0.05) is 12.4 Å². The van der Waals surface area contributed by atoms with Crippen LogP contribution in [-0.4, -0.2) is 22.6 Å². The van der Waals surface area contributed by atoms with Crippen molar-refractivity contribution in [1.82, 2.24) is 14.1 Å². The highest BCUT2D eigenvalue weighted by molar-refractivity contribution is 8.01. The van der Waals surface area contributed by atoms with Crippen molar-refractivity contribution in [3.05, 3.63) is 48.8 Å². The van der Waals surface area contributed by atoms with Crippen molar-refractivity contribution < 1.29 is 12.6 Å². The molecule has 1 N–H and O–H groups in total. The first-order valence-corrected chi connectivity index (χ1v) is 7.49. The summed E-state index contributed by atoms with van der Waals surface area (Å²) in [7, 11) is -5.85. The zero-order valence-electron chi connectivity index (χ0n) is 9.05. The van der Waals surface area contributed by atoms with E-state index in [0.29, 0.717) is 0 Å². The summed E-state index contributed by atoms with van der Waals surface area (Å²) in [5, 5.41) is -0.0497. The topological polar surface area (TPSA) is 89.0 Å². The molecule has 2 heterocycles. The zero-order chi connectivity index (χ0) is 13.0. The van der Waals surface area contributed by atoms with E-state index in [0.717, 1.165) is 0 Å². The average Bonchev–Trinajstić information content (AvgIpc) is 2.40. The third-order valence-corrected chi connectivity index (χ3v) is 4.82. The molecule has 2 aromatic rings. The van der Waals surface area contributed by atoms with Crippen LogP contribution < -0.4 is 4.13 Å². The van der Waals surface area contributed by atoms with Gasteiger partial charge in [-0.1, -0.05) is 12.1 Å². The summed E-state index contributed by atoms with van der Waals surface area (Å²) in [6.07, 6.45) is 2.78. The molecule has 94 valence electrons. The van der Waals surface area contributed by atoms with E-state index < -0.39 is 21.0 Å². The molecule has 0 aliphatic rings. The number of sulfonamides is 1. The fourth-order valence-electron chi connectivity index (χ4n) is 1.15. The Labute approximate surface area is 107 Å². The molecule has 0 saturated heterocycles. The van der Waals surface area contributed by atoms with Gasteiger partial charge in [0.25, 0.3) is 10.0 Å². The molecule has 1 unspecified atom stereocenters. The largest absolute Gasteiger partial charge is 0.269 e. The maximum atomic E-state index is 11.8. The number of aromatic nitrogens is 2. The summed E-state index contributed by atoms with van der Waals surface area (Å²) in [6, 6.07) is 9.18. The van der Waals surface area contributed by atoms with E-state index >= 15 is 0 Å². The minimum atomic E-state index is -3.91. The Morgan fingerprint density at radius 2 is 1.67 bits per heavy atom. The Balaban J connectivity index is 2.23. The van der Waals surface area contributed by atoms with E-state index in [1.165, 1.54) is 30.6 Å². The molecule has 6 nitrogen and oxygen atoms in total. The standard InChI is InChI=1S/C10H9N3O3S2/c14-17(9-5-1-3-7-11-9)13-18(15,16)10-6-2-4-8-12-10/h1-8,13H. The lowest BCUT2D eigenvalue weighted by molar-refractivity contribution is 0.588. The minimum Gasteiger partial charge on any atom is -0.246 e. The third kappa shape index (κ3) is 2.97. The lowest BCUT2D eigenvalue weighted by atomic mass is 10.5. The molecule has 0 aromatic carbocycles.